The molecule has 22 heavy (non-hydrogen) atoms. The Balaban J connectivity index is 1.76. The Kier molecular flexibility index (Phi) is 4.03. The normalized spacial score (nSPS) is 16.4. The molecule has 0 aromatic carbocycles. The number of amides is 2. The number of pyridine rings is 1. The third kappa shape index (κ3) is 2.92. The van der Waals surface area contributed by atoms with Gasteiger partial charge in [0.2, 0.25) is 0 Å². The number of aromatic nitrogens is 1. The molecule has 0 atom stereocenters. The van der Waals surface area contributed by atoms with Crippen LogP contribution in [0.3, 0.4) is 0 Å². The summed E-state index contributed by atoms with van der Waals surface area (Å²) in [7, 11) is 0. The number of thioether (sulfide) groups is 1. The maximum absolute atomic E-state index is 12.3. The largest absolute Gasteiger partial charge is 0.465 e. The van der Waals surface area contributed by atoms with Crippen molar-refractivity contribution in [1.82, 2.24) is 15.4 Å². The fourth-order valence-corrected chi connectivity index (χ4v) is 2.90. The van der Waals surface area contributed by atoms with E-state index in [1.54, 1.807) is 30.3 Å². The van der Waals surface area contributed by atoms with Crippen molar-refractivity contribution >= 4 is 46.2 Å². The van der Waals surface area contributed by atoms with Crippen molar-refractivity contribution in [2.75, 3.05) is 0 Å². The highest BCUT2D eigenvalue weighted by Gasteiger charge is 2.34. The second-order valence-electron chi connectivity index (χ2n) is 4.21. The average molecular weight is 331 g/mol. The lowest BCUT2D eigenvalue weighted by atomic mass is 10.2. The van der Waals surface area contributed by atoms with E-state index in [-0.39, 0.29) is 4.32 Å². The predicted octanol–water partition coefficient (Wildman–Crippen LogP) is 2.22. The number of thiocarbonyl (C=S) groups is 1. The van der Waals surface area contributed by atoms with Crippen LogP contribution in [0.2, 0.25) is 0 Å². The van der Waals surface area contributed by atoms with E-state index in [0.717, 1.165) is 16.8 Å². The Bertz CT molecular complexity index is 757. The third-order valence-electron chi connectivity index (χ3n) is 2.77. The zero-order valence-corrected chi connectivity index (χ0v) is 12.7. The van der Waals surface area contributed by atoms with Gasteiger partial charge in [0.05, 0.1) is 11.2 Å². The molecule has 0 bridgehead atoms. The van der Waals surface area contributed by atoms with E-state index in [4.69, 9.17) is 16.6 Å². The lowest BCUT2D eigenvalue weighted by molar-refractivity contribution is -0.123. The summed E-state index contributed by atoms with van der Waals surface area (Å²) in [5.74, 6) is -0.285. The molecule has 1 fully saturated rings. The van der Waals surface area contributed by atoms with Crippen LogP contribution in [0.4, 0.5) is 0 Å². The Morgan fingerprint density at radius 1 is 1.36 bits per heavy atom. The minimum absolute atomic E-state index is 0.255. The van der Waals surface area contributed by atoms with Gasteiger partial charge in [-0.05, 0) is 36.5 Å². The van der Waals surface area contributed by atoms with Gasteiger partial charge < -0.3 is 4.42 Å². The standard InChI is InChI=1S/C14H9N3O3S2/c18-12(9-3-5-15-6-4-9)16-17-13(19)11(22-14(17)21)8-10-2-1-7-20-10/h1-8H,(H,16,18). The molecule has 2 aromatic heterocycles. The predicted molar refractivity (Wildman–Crippen MR) is 85.4 cm³/mol. The van der Waals surface area contributed by atoms with Crippen LogP contribution in [0.25, 0.3) is 6.08 Å². The molecule has 0 radical (unpaired) electrons. The molecule has 110 valence electrons. The number of rotatable bonds is 3. The number of hydrogen-bond donors (Lipinski definition) is 1. The van der Waals surface area contributed by atoms with Crippen molar-refractivity contribution in [1.29, 1.82) is 0 Å². The molecule has 0 unspecified atom stereocenters. The second kappa shape index (κ2) is 6.12. The zero-order valence-electron chi connectivity index (χ0n) is 11.1. The van der Waals surface area contributed by atoms with Crippen LogP contribution >= 0.6 is 24.0 Å². The van der Waals surface area contributed by atoms with Crippen LogP contribution in [0.1, 0.15) is 16.1 Å². The first-order valence-electron chi connectivity index (χ1n) is 6.17. The quantitative estimate of drug-likeness (QED) is 0.686. The lowest BCUT2D eigenvalue weighted by Crippen LogP contribution is -2.44. The maximum Gasteiger partial charge on any atom is 0.285 e. The molecule has 0 saturated carbocycles. The van der Waals surface area contributed by atoms with Crippen LogP contribution in [0, 0.1) is 0 Å². The highest BCUT2D eigenvalue weighted by molar-refractivity contribution is 8.26. The Hall–Kier alpha value is -2.45. The van der Waals surface area contributed by atoms with Crippen LogP contribution in [-0.2, 0) is 4.79 Å². The fraction of sp³-hybridized carbons (Fsp3) is 0. The molecular formula is C14H9N3O3S2. The van der Waals surface area contributed by atoms with E-state index >= 15 is 0 Å². The van der Waals surface area contributed by atoms with Crippen LogP contribution < -0.4 is 5.43 Å². The number of carbonyl (C=O) groups excluding carboxylic acids is 2. The first-order valence-corrected chi connectivity index (χ1v) is 7.40. The Morgan fingerprint density at radius 2 is 2.14 bits per heavy atom. The molecule has 2 aromatic rings. The van der Waals surface area contributed by atoms with Crippen molar-refractivity contribution in [2.24, 2.45) is 0 Å². The van der Waals surface area contributed by atoms with Crippen LogP contribution in [-0.4, -0.2) is 26.1 Å². The summed E-state index contributed by atoms with van der Waals surface area (Å²) in [6.45, 7) is 0. The van der Waals surface area contributed by atoms with E-state index < -0.39 is 11.8 Å². The monoisotopic (exact) mass is 331 g/mol. The number of carbonyl (C=O) groups is 2. The van der Waals surface area contributed by atoms with Gasteiger partial charge in [0, 0.05) is 24.0 Å². The van der Waals surface area contributed by atoms with Crippen molar-refractivity contribution in [3.8, 4) is 0 Å². The minimum atomic E-state index is -0.432. The topological polar surface area (TPSA) is 75.4 Å². The summed E-state index contributed by atoms with van der Waals surface area (Å²) in [6, 6.07) is 6.54. The van der Waals surface area contributed by atoms with Gasteiger partial charge >= 0.3 is 0 Å². The molecular weight excluding hydrogens is 322 g/mol. The molecule has 6 nitrogen and oxygen atoms in total. The molecule has 0 spiro atoms. The molecule has 1 saturated heterocycles. The van der Waals surface area contributed by atoms with Gasteiger partial charge in [-0.25, -0.2) is 0 Å². The lowest BCUT2D eigenvalue weighted by Gasteiger charge is -2.15. The number of hydrogen-bond acceptors (Lipinski definition) is 6. The summed E-state index contributed by atoms with van der Waals surface area (Å²) in [5, 5.41) is 1.05. The smallest absolute Gasteiger partial charge is 0.285 e. The van der Waals surface area contributed by atoms with Crippen LogP contribution in [0.15, 0.2) is 52.2 Å². The molecule has 8 heteroatoms. The number of nitrogens with zero attached hydrogens (tertiary/aromatic N) is 2. The SMILES string of the molecule is O=C(NN1C(=O)C(=Cc2ccco2)SC1=S)c1ccncc1. The number of hydrazine groups is 1. The zero-order chi connectivity index (χ0) is 15.5. The summed E-state index contributed by atoms with van der Waals surface area (Å²) >= 11 is 6.23. The van der Waals surface area contributed by atoms with Gasteiger partial charge in [-0.3, -0.25) is 20.0 Å². The molecule has 0 aliphatic carbocycles. The molecule has 3 rings (SSSR count). The fourth-order valence-electron chi connectivity index (χ4n) is 1.74. The molecule has 1 N–H and O–H groups in total. The molecule has 1 aliphatic heterocycles. The van der Waals surface area contributed by atoms with E-state index in [1.165, 1.54) is 18.7 Å². The van der Waals surface area contributed by atoms with Crippen molar-refractivity contribution in [3.05, 3.63) is 59.2 Å². The average Bonchev–Trinajstić information content (AvgIpc) is 3.12. The van der Waals surface area contributed by atoms with Gasteiger partial charge in [-0.15, -0.1) is 0 Å². The Labute approximate surface area is 135 Å². The van der Waals surface area contributed by atoms with E-state index in [2.05, 4.69) is 10.4 Å². The Morgan fingerprint density at radius 3 is 2.82 bits per heavy atom. The number of furan rings is 1. The summed E-state index contributed by atoms with van der Waals surface area (Å²) < 4.78 is 5.42. The van der Waals surface area contributed by atoms with Gasteiger partial charge in [-0.1, -0.05) is 11.8 Å². The van der Waals surface area contributed by atoms with E-state index in [9.17, 15) is 9.59 Å². The highest BCUT2D eigenvalue weighted by Crippen LogP contribution is 2.31. The maximum atomic E-state index is 12.3. The van der Waals surface area contributed by atoms with Gasteiger partial charge in [0.25, 0.3) is 11.8 Å². The second-order valence-corrected chi connectivity index (χ2v) is 5.89. The van der Waals surface area contributed by atoms with Gasteiger partial charge in [0.15, 0.2) is 4.32 Å². The molecule has 3 heterocycles. The number of nitrogens with one attached hydrogen (secondary N) is 1. The van der Waals surface area contributed by atoms with Crippen molar-refractivity contribution in [3.63, 3.8) is 0 Å². The summed E-state index contributed by atoms with van der Waals surface area (Å²) in [5.41, 5.74) is 2.88. The highest BCUT2D eigenvalue weighted by atomic mass is 32.2. The summed E-state index contributed by atoms with van der Waals surface area (Å²) in [6.07, 6.45) is 6.09. The van der Waals surface area contributed by atoms with Crippen molar-refractivity contribution in [2.45, 2.75) is 0 Å². The van der Waals surface area contributed by atoms with E-state index in [0.29, 0.717) is 16.2 Å². The van der Waals surface area contributed by atoms with Gasteiger partial charge in [-0.2, -0.15) is 5.01 Å². The first kappa shape index (κ1) is 14.5. The van der Waals surface area contributed by atoms with Crippen molar-refractivity contribution < 1.29 is 14.0 Å². The third-order valence-corrected chi connectivity index (χ3v) is 4.07. The van der Waals surface area contributed by atoms with Gasteiger partial charge in [0.1, 0.15) is 5.76 Å². The molecule has 1 aliphatic rings. The minimum Gasteiger partial charge on any atom is -0.465 e. The van der Waals surface area contributed by atoms with E-state index in [1.807, 2.05) is 0 Å². The first-order chi connectivity index (χ1) is 10.6. The molecule has 2 amide bonds. The summed E-state index contributed by atoms with van der Waals surface area (Å²) in [4.78, 5) is 28.6. The van der Waals surface area contributed by atoms with Crippen LogP contribution in [0.5, 0.6) is 0 Å².